The molecule has 102 valence electrons. The molecule has 1 atom stereocenters. The molecule has 0 aromatic rings. The molecule has 0 rings (SSSR count). The molecule has 0 aliphatic heterocycles. The molecule has 0 aromatic heterocycles. The lowest BCUT2D eigenvalue weighted by atomic mass is 9.90. The van der Waals surface area contributed by atoms with E-state index >= 15 is 0 Å². The molecule has 0 fully saturated rings. The van der Waals surface area contributed by atoms with Crippen molar-refractivity contribution in [1.82, 2.24) is 0 Å². The van der Waals surface area contributed by atoms with Crippen molar-refractivity contribution in [3.63, 3.8) is 0 Å². The Labute approximate surface area is 110 Å². The number of nitrogens with two attached hydrogens (primary N) is 1. The highest BCUT2D eigenvalue weighted by Crippen LogP contribution is 2.19. The van der Waals surface area contributed by atoms with Gasteiger partial charge in [0.15, 0.2) is 0 Å². The van der Waals surface area contributed by atoms with Crippen molar-refractivity contribution in [3.8, 4) is 0 Å². The van der Waals surface area contributed by atoms with Gasteiger partial charge in [-0.15, -0.1) is 0 Å². The first-order valence-electron chi connectivity index (χ1n) is 6.58. The van der Waals surface area contributed by atoms with Crippen LogP contribution in [0.25, 0.3) is 0 Å². The SMILES string of the molecule is CCCCCCCCC(N)(CCSC)C(=O)O. The maximum absolute atomic E-state index is 11.2. The molecular weight excluding hydrogens is 234 g/mol. The van der Waals surface area contributed by atoms with Gasteiger partial charge in [0.2, 0.25) is 0 Å². The molecule has 0 spiro atoms. The summed E-state index contributed by atoms with van der Waals surface area (Å²) in [4.78, 5) is 11.2. The zero-order chi connectivity index (χ0) is 13.1. The Bertz CT molecular complexity index is 212. The van der Waals surface area contributed by atoms with E-state index in [1.807, 2.05) is 6.26 Å². The number of hydrogen-bond donors (Lipinski definition) is 2. The molecule has 4 heteroatoms. The lowest BCUT2D eigenvalue weighted by Crippen LogP contribution is -2.48. The van der Waals surface area contributed by atoms with E-state index in [1.165, 1.54) is 25.7 Å². The number of aliphatic carboxylic acids is 1. The van der Waals surface area contributed by atoms with E-state index in [9.17, 15) is 4.79 Å². The van der Waals surface area contributed by atoms with Crippen molar-refractivity contribution in [3.05, 3.63) is 0 Å². The summed E-state index contributed by atoms with van der Waals surface area (Å²) in [6.07, 6.45) is 10.2. The molecule has 0 bridgehead atoms. The Balaban J connectivity index is 3.81. The van der Waals surface area contributed by atoms with Gasteiger partial charge >= 0.3 is 5.97 Å². The molecule has 0 aromatic carbocycles. The van der Waals surface area contributed by atoms with Crippen molar-refractivity contribution < 1.29 is 9.90 Å². The first-order valence-corrected chi connectivity index (χ1v) is 7.97. The highest BCUT2D eigenvalue weighted by molar-refractivity contribution is 7.98. The summed E-state index contributed by atoms with van der Waals surface area (Å²) in [6.45, 7) is 2.19. The quantitative estimate of drug-likeness (QED) is 0.560. The Kier molecular flexibility index (Phi) is 9.65. The van der Waals surface area contributed by atoms with Gasteiger partial charge in [0.1, 0.15) is 5.54 Å². The van der Waals surface area contributed by atoms with E-state index in [-0.39, 0.29) is 0 Å². The molecule has 3 N–H and O–H groups in total. The summed E-state index contributed by atoms with van der Waals surface area (Å²) in [5.41, 5.74) is 4.95. The lowest BCUT2D eigenvalue weighted by Gasteiger charge is -2.24. The van der Waals surface area contributed by atoms with Gasteiger partial charge < -0.3 is 10.8 Å². The molecule has 0 aliphatic carbocycles. The third-order valence-corrected chi connectivity index (χ3v) is 3.77. The van der Waals surface area contributed by atoms with Crippen LogP contribution in [0.5, 0.6) is 0 Å². The van der Waals surface area contributed by atoms with Gasteiger partial charge in [0.05, 0.1) is 0 Å². The van der Waals surface area contributed by atoms with E-state index in [4.69, 9.17) is 10.8 Å². The first kappa shape index (κ1) is 16.8. The predicted octanol–water partition coefficient (Wildman–Crippen LogP) is 3.27. The molecule has 0 saturated carbocycles. The maximum atomic E-state index is 11.2. The predicted molar refractivity (Wildman–Crippen MR) is 75.5 cm³/mol. The van der Waals surface area contributed by atoms with Gasteiger partial charge in [0, 0.05) is 0 Å². The lowest BCUT2D eigenvalue weighted by molar-refractivity contribution is -0.143. The normalized spacial score (nSPS) is 14.5. The van der Waals surface area contributed by atoms with E-state index in [2.05, 4.69) is 6.92 Å². The van der Waals surface area contributed by atoms with Gasteiger partial charge in [-0.1, -0.05) is 45.4 Å². The molecule has 0 aliphatic rings. The standard InChI is InChI=1S/C13H27NO2S/c1-3-4-5-6-7-8-9-13(14,12(15)16)10-11-17-2/h3-11,14H2,1-2H3,(H,15,16). The average molecular weight is 261 g/mol. The summed E-state index contributed by atoms with van der Waals surface area (Å²) in [6, 6.07) is 0. The van der Waals surface area contributed by atoms with Crippen LogP contribution in [0.1, 0.15) is 58.3 Å². The summed E-state index contributed by atoms with van der Waals surface area (Å²) in [7, 11) is 0. The van der Waals surface area contributed by atoms with Gasteiger partial charge in [-0.05, 0) is 24.9 Å². The largest absolute Gasteiger partial charge is 0.480 e. The van der Waals surface area contributed by atoms with Crippen LogP contribution in [0, 0.1) is 0 Å². The van der Waals surface area contributed by atoms with Crippen molar-refractivity contribution in [2.75, 3.05) is 12.0 Å². The number of rotatable bonds is 11. The van der Waals surface area contributed by atoms with E-state index in [0.717, 1.165) is 18.6 Å². The molecular formula is C13H27NO2S. The fourth-order valence-corrected chi connectivity index (χ4v) is 2.41. The number of carboxylic acids is 1. The van der Waals surface area contributed by atoms with Gasteiger partial charge in [0.25, 0.3) is 0 Å². The zero-order valence-corrected chi connectivity index (χ0v) is 12.0. The Morgan fingerprint density at radius 1 is 1.18 bits per heavy atom. The van der Waals surface area contributed by atoms with E-state index < -0.39 is 11.5 Å². The van der Waals surface area contributed by atoms with Gasteiger partial charge in [-0.3, -0.25) is 4.79 Å². The highest BCUT2D eigenvalue weighted by atomic mass is 32.2. The molecule has 0 saturated heterocycles. The summed E-state index contributed by atoms with van der Waals surface area (Å²) >= 11 is 1.65. The minimum Gasteiger partial charge on any atom is -0.480 e. The monoisotopic (exact) mass is 261 g/mol. The smallest absolute Gasteiger partial charge is 0.323 e. The van der Waals surface area contributed by atoms with Crippen LogP contribution in [0.4, 0.5) is 0 Å². The van der Waals surface area contributed by atoms with Crippen LogP contribution in [-0.4, -0.2) is 28.6 Å². The van der Waals surface area contributed by atoms with Crippen LogP contribution in [0.2, 0.25) is 0 Å². The van der Waals surface area contributed by atoms with Crippen molar-refractivity contribution in [2.24, 2.45) is 5.73 Å². The third-order valence-electron chi connectivity index (χ3n) is 3.15. The van der Waals surface area contributed by atoms with Crippen LogP contribution in [0.15, 0.2) is 0 Å². The second-order valence-corrected chi connectivity index (χ2v) is 5.71. The van der Waals surface area contributed by atoms with Gasteiger partial charge in [-0.25, -0.2) is 0 Å². The minimum absolute atomic E-state index is 0.568. The molecule has 0 amide bonds. The zero-order valence-electron chi connectivity index (χ0n) is 11.2. The molecule has 0 heterocycles. The van der Waals surface area contributed by atoms with Crippen LogP contribution in [-0.2, 0) is 4.79 Å². The van der Waals surface area contributed by atoms with Gasteiger partial charge in [-0.2, -0.15) is 11.8 Å². The maximum Gasteiger partial charge on any atom is 0.323 e. The van der Waals surface area contributed by atoms with Crippen LogP contribution in [0.3, 0.4) is 0 Å². The average Bonchev–Trinajstić information content (AvgIpc) is 2.31. The fourth-order valence-electron chi connectivity index (χ4n) is 1.84. The number of unbranched alkanes of at least 4 members (excludes halogenated alkanes) is 5. The van der Waals surface area contributed by atoms with E-state index in [1.54, 1.807) is 11.8 Å². The second-order valence-electron chi connectivity index (χ2n) is 4.72. The van der Waals surface area contributed by atoms with Crippen LogP contribution < -0.4 is 5.73 Å². The molecule has 3 nitrogen and oxygen atoms in total. The molecule has 17 heavy (non-hydrogen) atoms. The summed E-state index contributed by atoms with van der Waals surface area (Å²) < 4.78 is 0. The van der Waals surface area contributed by atoms with Crippen molar-refractivity contribution >= 4 is 17.7 Å². The third kappa shape index (κ3) is 7.66. The van der Waals surface area contributed by atoms with Crippen LogP contribution >= 0.6 is 11.8 Å². The summed E-state index contributed by atoms with van der Waals surface area (Å²) in [5.74, 6) is -0.0290. The highest BCUT2D eigenvalue weighted by Gasteiger charge is 2.32. The summed E-state index contributed by atoms with van der Waals surface area (Å²) in [5, 5.41) is 9.17. The number of carbonyl (C=O) groups is 1. The number of carboxylic acid groups (broad SMARTS) is 1. The first-order chi connectivity index (χ1) is 8.06. The van der Waals surface area contributed by atoms with Crippen molar-refractivity contribution in [2.45, 2.75) is 63.8 Å². The Morgan fingerprint density at radius 3 is 2.29 bits per heavy atom. The minimum atomic E-state index is -1.01. The molecule has 1 unspecified atom stereocenters. The molecule has 0 radical (unpaired) electrons. The second kappa shape index (κ2) is 9.77. The van der Waals surface area contributed by atoms with Crippen molar-refractivity contribution in [1.29, 1.82) is 0 Å². The topological polar surface area (TPSA) is 63.3 Å². The number of thioether (sulfide) groups is 1. The number of hydrogen-bond acceptors (Lipinski definition) is 3. The fraction of sp³-hybridized carbons (Fsp3) is 0.923. The van der Waals surface area contributed by atoms with E-state index in [0.29, 0.717) is 12.8 Å². The Morgan fingerprint density at radius 2 is 1.76 bits per heavy atom. The Hall–Kier alpha value is -0.220.